The Labute approximate surface area is 171 Å². The number of morpholine rings is 1. The molecule has 4 rings (SSSR count). The number of likely N-dealkylation sites (tertiary alicyclic amines) is 1. The summed E-state index contributed by atoms with van der Waals surface area (Å²) in [6.45, 7) is 3.65. The first-order chi connectivity index (χ1) is 14.2. The minimum Gasteiger partial charge on any atom is -0.491 e. The number of hydrogen-bond acceptors (Lipinski definition) is 4. The van der Waals surface area contributed by atoms with Gasteiger partial charge in [0, 0.05) is 30.8 Å². The van der Waals surface area contributed by atoms with Gasteiger partial charge in [0.05, 0.1) is 19.3 Å². The van der Waals surface area contributed by atoms with Crippen molar-refractivity contribution in [2.24, 2.45) is 0 Å². The first kappa shape index (κ1) is 19.5. The molecular weight excluding hydrogens is 368 g/mol. The Bertz CT molecular complexity index is 832. The minimum absolute atomic E-state index is 0.0234. The van der Waals surface area contributed by atoms with Crippen LogP contribution in [0.4, 0.5) is 0 Å². The third-order valence-corrected chi connectivity index (χ3v) is 5.50. The van der Waals surface area contributed by atoms with E-state index >= 15 is 0 Å². The van der Waals surface area contributed by atoms with Crippen molar-refractivity contribution in [3.05, 3.63) is 65.7 Å². The van der Waals surface area contributed by atoms with Gasteiger partial charge in [-0.05, 0) is 49.2 Å². The van der Waals surface area contributed by atoms with Crippen molar-refractivity contribution < 1.29 is 19.1 Å². The van der Waals surface area contributed by atoms with Gasteiger partial charge in [-0.3, -0.25) is 9.59 Å². The summed E-state index contributed by atoms with van der Waals surface area (Å²) in [7, 11) is 0. The molecule has 2 aromatic carbocycles. The fourth-order valence-corrected chi connectivity index (χ4v) is 3.86. The maximum atomic E-state index is 12.8. The highest BCUT2D eigenvalue weighted by molar-refractivity contribution is 5.95. The summed E-state index contributed by atoms with van der Waals surface area (Å²) < 4.78 is 11.2. The monoisotopic (exact) mass is 394 g/mol. The third kappa shape index (κ3) is 4.59. The van der Waals surface area contributed by atoms with Gasteiger partial charge in [0.25, 0.3) is 11.8 Å². The molecule has 0 spiro atoms. The van der Waals surface area contributed by atoms with E-state index in [0.29, 0.717) is 49.8 Å². The Morgan fingerprint density at radius 2 is 1.59 bits per heavy atom. The second-order valence-electron chi connectivity index (χ2n) is 7.40. The van der Waals surface area contributed by atoms with E-state index in [0.717, 1.165) is 19.4 Å². The van der Waals surface area contributed by atoms with Gasteiger partial charge in [-0.15, -0.1) is 0 Å². The Morgan fingerprint density at radius 1 is 0.897 bits per heavy atom. The summed E-state index contributed by atoms with van der Waals surface area (Å²) in [5, 5.41) is 0. The molecule has 1 atom stereocenters. The van der Waals surface area contributed by atoms with E-state index < -0.39 is 0 Å². The van der Waals surface area contributed by atoms with Crippen LogP contribution in [0.3, 0.4) is 0 Å². The Hall–Kier alpha value is -2.86. The van der Waals surface area contributed by atoms with Crippen LogP contribution in [0.1, 0.15) is 33.6 Å². The van der Waals surface area contributed by atoms with E-state index in [1.54, 1.807) is 12.1 Å². The number of ether oxygens (including phenoxy) is 2. The van der Waals surface area contributed by atoms with E-state index in [1.165, 1.54) is 0 Å². The quantitative estimate of drug-likeness (QED) is 0.783. The highest BCUT2D eigenvalue weighted by Crippen LogP contribution is 2.22. The average molecular weight is 394 g/mol. The lowest BCUT2D eigenvalue weighted by atomic mass is 10.1. The van der Waals surface area contributed by atoms with Crippen molar-refractivity contribution in [2.75, 3.05) is 39.5 Å². The molecule has 2 heterocycles. The number of hydrogen-bond donors (Lipinski definition) is 0. The van der Waals surface area contributed by atoms with Crippen LogP contribution in [-0.2, 0) is 4.74 Å². The fraction of sp³-hybridized carbons (Fsp3) is 0.391. The molecule has 29 heavy (non-hydrogen) atoms. The fourth-order valence-electron chi connectivity index (χ4n) is 3.86. The van der Waals surface area contributed by atoms with Crippen LogP contribution < -0.4 is 4.74 Å². The first-order valence-electron chi connectivity index (χ1n) is 10.2. The van der Waals surface area contributed by atoms with Crippen LogP contribution in [0.5, 0.6) is 5.75 Å². The normalized spacial score (nSPS) is 19.2. The van der Waals surface area contributed by atoms with Gasteiger partial charge in [0.1, 0.15) is 12.4 Å². The van der Waals surface area contributed by atoms with Crippen LogP contribution in [0.15, 0.2) is 54.6 Å². The summed E-state index contributed by atoms with van der Waals surface area (Å²) in [5.74, 6) is 0.793. The molecule has 2 aromatic rings. The van der Waals surface area contributed by atoms with Crippen LogP contribution >= 0.6 is 0 Å². The molecule has 2 fully saturated rings. The van der Waals surface area contributed by atoms with Crippen molar-refractivity contribution in [2.45, 2.75) is 18.9 Å². The molecule has 152 valence electrons. The maximum absolute atomic E-state index is 12.8. The van der Waals surface area contributed by atoms with Gasteiger partial charge in [0.15, 0.2) is 0 Å². The molecule has 0 radical (unpaired) electrons. The zero-order valence-electron chi connectivity index (χ0n) is 16.5. The number of amides is 2. The molecule has 2 amide bonds. The zero-order valence-corrected chi connectivity index (χ0v) is 16.5. The van der Waals surface area contributed by atoms with Crippen LogP contribution in [-0.4, -0.2) is 67.1 Å². The second-order valence-corrected chi connectivity index (χ2v) is 7.40. The lowest BCUT2D eigenvalue weighted by Gasteiger charge is -2.27. The highest BCUT2D eigenvalue weighted by atomic mass is 16.5. The molecule has 6 heteroatoms. The first-order valence-corrected chi connectivity index (χ1v) is 10.2. The van der Waals surface area contributed by atoms with Gasteiger partial charge in [0.2, 0.25) is 0 Å². The molecule has 2 saturated heterocycles. The van der Waals surface area contributed by atoms with E-state index in [1.807, 2.05) is 52.3 Å². The Kier molecular flexibility index (Phi) is 6.10. The SMILES string of the molecule is O=C(c1ccc(OCC2CCCN2C(=O)c2ccccc2)cc1)N1CCOCC1. The molecule has 0 aromatic heterocycles. The largest absolute Gasteiger partial charge is 0.491 e. The smallest absolute Gasteiger partial charge is 0.254 e. The molecule has 0 bridgehead atoms. The van der Waals surface area contributed by atoms with Gasteiger partial charge < -0.3 is 19.3 Å². The topological polar surface area (TPSA) is 59.1 Å². The summed E-state index contributed by atoms with van der Waals surface area (Å²) in [6, 6.07) is 16.7. The minimum atomic E-state index is 0.0234. The number of rotatable bonds is 5. The Balaban J connectivity index is 1.33. The van der Waals surface area contributed by atoms with E-state index in [9.17, 15) is 9.59 Å². The molecule has 0 N–H and O–H groups in total. The molecule has 2 aliphatic heterocycles. The summed E-state index contributed by atoms with van der Waals surface area (Å²) in [6.07, 6.45) is 1.92. The molecular formula is C23H26N2O4. The van der Waals surface area contributed by atoms with Crippen molar-refractivity contribution in [1.82, 2.24) is 9.80 Å². The lowest BCUT2D eigenvalue weighted by molar-refractivity contribution is 0.0303. The summed E-state index contributed by atoms with van der Waals surface area (Å²) in [4.78, 5) is 29.0. The van der Waals surface area contributed by atoms with Gasteiger partial charge in [-0.2, -0.15) is 0 Å². The predicted octanol–water partition coefficient (Wildman–Crippen LogP) is 2.84. The van der Waals surface area contributed by atoms with Crippen molar-refractivity contribution in [3.8, 4) is 5.75 Å². The van der Waals surface area contributed by atoms with E-state index in [2.05, 4.69) is 0 Å². The molecule has 0 saturated carbocycles. The van der Waals surface area contributed by atoms with Gasteiger partial charge in [-0.25, -0.2) is 0 Å². The number of nitrogens with zero attached hydrogens (tertiary/aromatic N) is 2. The molecule has 1 unspecified atom stereocenters. The second kappa shape index (κ2) is 9.09. The van der Waals surface area contributed by atoms with Crippen LogP contribution in [0, 0.1) is 0 Å². The highest BCUT2D eigenvalue weighted by Gasteiger charge is 2.30. The average Bonchev–Trinajstić information content (AvgIpc) is 3.27. The zero-order chi connectivity index (χ0) is 20.1. The van der Waals surface area contributed by atoms with Gasteiger partial charge in [-0.1, -0.05) is 18.2 Å². The summed E-state index contributed by atoms with van der Waals surface area (Å²) in [5.41, 5.74) is 1.37. The maximum Gasteiger partial charge on any atom is 0.254 e. The van der Waals surface area contributed by atoms with Crippen molar-refractivity contribution >= 4 is 11.8 Å². The predicted molar refractivity (Wildman–Crippen MR) is 109 cm³/mol. The lowest BCUT2D eigenvalue weighted by Crippen LogP contribution is -2.40. The molecule has 0 aliphatic carbocycles. The number of carbonyl (C=O) groups is 2. The number of benzene rings is 2. The Morgan fingerprint density at radius 3 is 2.31 bits per heavy atom. The van der Waals surface area contributed by atoms with Crippen LogP contribution in [0.25, 0.3) is 0 Å². The summed E-state index contributed by atoms with van der Waals surface area (Å²) >= 11 is 0. The van der Waals surface area contributed by atoms with Crippen LogP contribution in [0.2, 0.25) is 0 Å². The van der Waals surface area contributed by atoms with Crippen molar-refractivity contribution in [1.29, 1.82) is 0 Å². The number of carbonyl (C=O) groups excluding carboxylic acids is 2. The third-order valence-electron chi connectivity index (χ3n) is 5.50. The molecule has 6 nitrogen and oxygen atoms in total. The van der Waals surface area contributed by atoms with E-state index in [-0.39, 0.29) is 17.9 Å². The van der Waals surface area contributed by atoms with Gasteiger partial charge >= 0.3 is 0 Å². The standard InChI is InChI=1S/C23H26N2O4/c26-22(24-13-15-28-16-14-24)19-8-10-21(11-9-19)29-17-20-7-4-12-25(20)23(27)18-5-2-1-3-6-18/h1-3,5-6,8-11,20H,4,7,12-17H2. The van der Waals surface area contributed by atoms with E-state index in [4.69, 9.17) is 9.47 Å². The molecule has 2 aliphatic rings. The van der Waals surface area contributed by atoms with Crippen molar-refractivity contribution in [3.63, 3.8) is 0 Å².